The molecule has 0 amide bonds. The number of hydrogen-bond acceptors (Lipinski definition) is 4. The van der Waals surface area contributed by atoms with Gasteiger partial charge in [-0.25, -0.2) is 15.0 Å². The Hall–Kier alpha value is -1.97. The van der Waals surface area contributed by atoms with Gasteiger partial charge in [0.1, 0.15) is 12.1 Å². The molecule has 0 unspecified atom stereocenters. The molecule has 0 bridgehead atoms. The number of pyridine rings is 1. The zero-order valence-corrected chi connectivity index (χ0v) is 9.09. The van der Waals surface area contributed by atoms with E-state index in [9.17, 15) is 0 Å². The van der Waals surface area contributed by atoms with Crippen LogP contribution in [0.3, 0.4) is 0 Å². The fourth-order valence-electron chi connectivity index (χ4n) is 1.97. The number of fused-ring (bicyclic) bond motifs is 1. The normalized spacial score (nSPS) is 13.9. The Labute approximate surface area is 94.0 Å². The molecule has 0 atom stereocenters. The van der Waals surface area contributed by atoms with Gasteiger partial charge in [0.05, 0.1) is 12.2 Å². The first-order chi connectivity index (χ1) is 7.83. The van der Waals surface area contributed by atoms with Gasteiger partial charge in [-0.2, -0.15) is 0 Å². The van der Waals surface area contributed by atoms with Gasteiger partial charge in [-0.1, -0.05) is 6.07 Å². The third-order valence-corrected chi connectivity index (χ3v) is 2.78. The molecule has 0 aliphatic carbocycles. The van der Waals surface area contributed by atoms with Crippen LogP contribution < -0.4 is 4.90 Å². The maximum absolute atomic E-state index is 4.52. The Morgan fingerprint density at radius 2 is 2.19 bits per heavy atom. The highest BCUT2D eigenvalue weighted by Crippen LogP contribution is 2.24. The molecule has 3 rings (SSSR count). The molecule has 2 aromatic rings. The van der Waals surface area contributed by atoms with Crippen LogP contribution in [0.4, 0.5) is 5.82 Å². The topological polar surface area (TPSA) is 41.9 Å². The van der Waals surface area contributed by atoms with Crippen LogP contribution in [-0.2, 0) is 13.1 Å². The van der Waals surface area contributed by atoms with E-state index in [1.807, 2.05) is 31.3 Å². The zero-order valence-electron chi connectivity index (χ0n) is 9.09. The van der Waals surface area contributed by atoms with Gasteiger partial charge in [-0.3, -0.25) is 0 Å². The summed E-state index contributed by atoms with van der Waals surface area (Å²) in [5, 5.41) is 0. The van der Waals surface area contributed by atoms with Crippen molar-refractivity contribution in [1.29, 1.82) is 0 Å². The van der Waals surface area contributed by atoms with Crippen molar-refractivity contribution in [2.45, 2.75) is 20.0 Å². The van der Waals surface area contributed by atoms with Gasteiger partial charge in [0.2, 0.25) is 0 Å². The van der Waals surface area contributed by atoms with E-state index in [4.69, 9.17) is 0 Å². The van der Waals surface area contributed by atoms with Crippen LogP contribution >= 0.6 is 0 Å². The molecule has 0 saturated carbocycles. The molecule has 0 saturated heterocycles. The van der Waals surface area contributed by atoms with Crippen LogP contribution in [0, 0.1) is 6.92 Å². The van der Waals surface area contributed by atoms with E-state index in [2.05, 4.69) is 19.9 Å². The average Bonchev–Trinajstić information content (AvgIpc) is 2.72. The maximum atomic E-state index is 4.52. The maximum Gasteiger partial charge on any atom is 0.129 e. The lowest BCUT2D eigenvalue weighted by molar-refractivity contribution is 0.844. The predicted molar refractivity (Wildman–Crippen MR) is 60.9 cm³/mol. The Kier molecular flexibility index (Phi) is 2.06. The first kappa shape index (κ1) is 9.27. The summed E-state index contributed by atoms with van der Waals surface area (Å²) in [7, 11) is 0. The van der Waals surface area contributed by atoms with E-state index in [0.717, 1.165) is 30.3 Å². The summed E-state index contributed by atoms with van der Waals surface area (Å²) in [5.74, 6) is 1.01. The number of anilines is 1. The van der Waals surface area contributed by atoms with Gasteiger partial charge in [0, 0.05) is 24.0 Å². The van der Waals surface area contributed by atoms with Gasteiger partial charge < -0.3 is 4.90 Å². The molecule has 0 aromatic carbocycles. The molecule has 80 valence electrons. The van der Waals surface area contributed by atoms with Crippen molar-refractivity contribution in [3.05, 3.63) is 47.7 Å². The van der Waals surface area contributed by atoms with Gasteiger partial charge >= 0.3 is 0 Å². The van der Waals surface area contributed by atoms with E-state index >= 15 is 0 Å². The van der Waals surface area contributed by atoms with Crippen LogP contribution in [0.15, 0.2) is 30.7 Å². The minimum absolute atomic E-state index is 0.828. The highest BCUT2D eigenvalue weighted by atomic mass is 15.2. The molecule has 0 radical (unpaired) electrons. The van der Waals surface area contributed by atoms with Crippen LogP contribution in [0.5, 0.6) is 0 Å². The third kappa shape index (κ3) is 1.52. The number of hydrogen-bond donors (Lipinski definition) is 0. The van der Waals surface area contributed by atoms with Crippen molar-refractivity contribution in [3.63, 3.8) is 0 Å². The molecular formula is C12H12N4. The lowest BCUT2D eigenvalue weighted by atomic mass is 10.3. The number of nitrogens with zero attached hydrogens (tertiary/aromatic N) is 4. The fraction of sp³-hybridized carbons (Fsp3) is 0.250. The van der Waals surface area contributed by atoms with E-state index < -0.39 is 0 Å². The zero-order chi connectivity index (χ0) is 11.0. The first-order valence-electron chi connectivity index (χ1n) is 5.29. The summed E-state index contributed by atoms with van der Waals surface area (Å²) in [6.45, 7) is 3.69. The summed E-state index contributed by atoms with van der Waals surface area (Å²) in [6, 6.07) is 6.07. The first-order valence-corrected chi connectivity index (χ1v) is 5.29. The van der Waals surface area contributed by atoms with Crippen molar-refractivity contribution in [2.24, 2.45) is 0 Å². The van der Waals surface area contributed by atoms with Gasteiger partial charge in [-0.05, 0) is 19.1 Å². The summed E-state index contributed by atoms with van der Waals surface area (Å²) in [6.07, 6.45) is 3.49. The van der Waals surface area contributed by atoms with E-state index in [1.165, 1.54) is 5.56 Å². The molecule has 0 spiro atoms. The molecule has 16 heavy (non-hydrogen) atoms. The summed E-state index contributed by atoms with van der Waals surface area (Å²) in [5.41, 5.74) is 3.35. The highest BCUT2D eigenvalue weighted by molar-refractivity contribution is 5.44. The second kappa shape index (κ2) is 3.56. The van der Waals surface area contributed by atoms with Crippen molar-refractivity contribution in [3.8, 4) is 0 Å². The SMILES string of the molecule is Cc1cccc(N2Cc3cncnc3C2)n1. The molecule has 2 aromatic heterocycles. The number of aryl methyl sites for hydroxylation is 1. The molecular weight excluding hydrogens is 200 g/mol. The molecule has 0 fully saturated rings. The van der Waals surface area contributed by atoms with Crippen molar-refractivity contribution in [1.82, 2.24) is 15.0 Å². The van der Waals surface area contributed by atoms with E-state index in [-0.39, 0.29) is 0 Å². The van der Waals surface area contributed by atoms with Crippen LogP contribution in [0.25, 0.3) is 0 Å². The number of rotatable bonds is 1. The summed E-state index contributed by atoms with van der Waals surface area (Å²) < 4.78 is 0. The van der Waals surface area contributed by atoms with Crippen LogP contribution in [0.2, 0.25) is 0 Å². The monoisotopic (exact) mass is 212 g/mol. The van der Waals surface area contributed by atoms with Crippen molar-refractivity contribution in [2.75, 3.05) is 4.90 Å². The Bertz CT molecular complexity index is 499. The second-order valence-electron chi connectivity index (χ2n) is 3.99. The lowest BCUT2D eigenvalue weighted by Crippen LogP contribution is -2.16. The van der Waals surface area contributed by atoms with E-state index in [1.54, 1.807) is 6.33 Å². The smallest absolute Gasteiger partial charge is 0.129 e. The lowest BCUT2D eigenvalue weighted by Gasteiger charge is -2.16. The quantitative estimate of drug-likeness (QED) is 0.721. The molecule has 1 aliphatic heterocycles. The summed E-state index contributed by atoms with van der Waals surface area (Å²) >= 11 is 0. The predicted octanol–water partition coefficient (Wildman–Crippen LogP) is 1.70. The van der Waals surface area contributed by atoms with Crippen molar-refractivity contribution >= 4 is 5.82 Å². The largest absolute Gasteiger partial charge is 0.346 e. The summed E-state index contributed by atoms with van der Waals surface area (Å²) in [4.78, 5) is 15.1. The van der Waals surface area contributed by atoms with Crippen LogP contribution in [0.1, 0.15) is 17.0 Å². The average molecular weight is 212 g/mol. The number of aromatic nitrogens is 3. The van der Waals surface area contributed by atoms with Crippen molar-refractivity contribution < 1.29 is 0 Å². The van der Waals surface area contributed by atoms with Gasteiger partial charge in [0.25, 0.3) is 0 Å². The molecule has 3 heterocycles. The molecule has 4 heteroatoms. The molecule has 1 aliphatic rings. The second-order valence-corrected chi connectivity index (χ2v) is 3.99. The van der Waals surface area contributed by atoms with E-state index in [0.29, 0.717) is 0 Å². The van der Waals surface area contributed by atoms with Gasteiger partial charge in [0.15, 0.2) is 0 Å². The Balaban J connectivity index is 1.91. The Morgan fingerprint density at radius 1 is 1.25 bits per heavy atom. The third-order valence-electron chi connectivity index (χ3n) is 2.78. The Morgan fingerprint density at radius 3 is 3.00 bits per heavy atom. The fourth-order valence-corrected chi connectivity index (χ4v) is 1.97. The molecule has 4 nitrogen and oxygen atoms in total. The minimum atomic E-state index is 0.828. The van der Waals surface area contributed by atoms with Crippen LogP contribution in [-0.4, -0.2) is 15.0 Å². The standard InChI is InChI=1S/C12H12N4/c1-9-3-2-4-12(15-9)16-6-10-5-13-8-14-11(10)7-16/h2-5,8H,6-7H2,1H3. The highest BCUT2D eigenvalue weighted by Gasteiger charge is 2.20. The minimum Gasteiger partial charge on any atom is -0.346 e. The van der Waals surface area contributed by atoms with Gasteiger partial charge in [-0.15, -0.1) is 0 Å². The molecule has 0 N–H and O–H groups in total.